The highest BCUT2D eigenvalue weighted by atomic mass is 15.2. The molecule has 2 rings (SSSR count). The van der Waals surface area contributed by atoms with Crippen LogP contribution in [0.15, 0.2) is 24.5 Å². The van der Waals surface area contributed by atoms with Gasteiger partial charge >= 0.3 is 0 Å². The summed E-state index contributed by atoms with van der Waals surface area (Å²) in [6.07, 6.45) is 8.76. The van der Waals surface area contributed by atoms with Gasteiger partial charge in [0.05, 0.1) is 12.6 Å². The number of rotatable bonds is 4. The fourth-order valence-electron chi connectivity index (χ4n) is 2.40. The van der Waals surface area contributed by atoms with E-state index in [1.54, 1.807) is 6.20 Å². The smallest absolute Gasteiger partial charge is 0.0871 e. The summed E-state index contributed by atoms with van der Waals surface area (Å²) < 4.78 is 0. The van der Waals surface area contributed by atoms with Gasteiger partial charge in [-0.05, 0) is 24.5 Å². The molecule has 0 radical (unpaired) electrons. The van der Waals surface area contributed by atoms with Crippen molar-refractivity contribution in [1.82, 2.24) is 9.88 Å². The maximum Gasteiger partial charge on any atom is 0.0871 e. The first-order valence-electron chi connectivity index (χ1n) is 5.90. The fourth-order valence-corrected chi connectivity index (χ4v) is 2.40. The molecule has 84 valence electrons. The Hall–Kier alpha value is -1.40. The van der Waals surface area contributed by atoms with Crippen LogP contribution in [0, 0.1) is 11.3 Å². The Bertz CT molecular complexity index is 349. The maximum absolute atomic E-state index is 8.87. The zero-order valence-electron chi connectivity index (χ0n) is 9.47. The molecule has 0 N–H and O–H groups in total. The first-order valence-corrected chi connectivity index (χ1v) is 5.90. The van der Waals surface area contributed by atoms with Crippen molar-refractivity contribution in [2.24, 2.45) is 0 Å². The van der Waals surface area contributed by atoms with E-state index in [1.807, 2.05) is 12.3 Å². The lowest BCUT2D eigenvalue weighted by Gasteiger charge is -2.25. The standard InChI is InChI=1S/C13H17N3/c14-7-9-16(13-5-1-2-6-13)11-12-4-3-8-15-10-12/h3-4,8,10,13H,1-2,5-6,9,11H2. The van der Waals surface area contributed by atoms with Crippen molar-refractivity contribution in [2.45, 2.75) is 38.3 Å². The average molecular weight is 215 g/mol. The molecule has 0 atom stereocenters. The lowest BCUT2D eigenvalue weighted by Crippen LogP contribution is -2.33. The molecule has 16 heavy (non-hydrogen) atoms. The minimum Gasteiger partial charge on any atom is -0.283 e. The summed E-state index contributed by atoms with van der Waals surface area (Å²) in [5.74, 6) is 0. The van der Waals surface area contributed by atoms with Gasteiger partial charge in [0.25, 0.3) is 0 Å². The second-order valence-electron chi connectivity index (χ2n) is 4.36. The van der Waals surface area contributed by atoms with Crippen molar-refractivity contribution in [3.05, 3.63) is 30.1 Å². The Morgan fingerprint density at radius 2 is 2.25 bits per heavy atom. The zero-order valence-corrected chi connectivity index (χ0v) is 9.47. The Balaban J connectivity index is 2.00. The molecule has 0 spiro atoms. The van der Waals surface area contributed by atoms with Gasteiger partial charge in [-0.15, -0.1) is 0 Å². The fraction of sp³-hybridized carbons (Fsp3) is 0.538. The molecular weight excluding hydrogens is 198 g/mol. The molecule has 1 heterocycles. The topological polar surface area (TPSA) is 39.9 Å². The minimum absolute atomic E-state index is 0.527. The Kier molecular flexibility index (Phi) is 3.90. The van der Waals surface area contributed by atoms with Crippen LogP contribution in [0.5, 0.6) is 0 Å². The Morgan fingerprint density at radius 1 is 1.44 bits per heavy atom. The molecule has 1 fully saturated rings. The largest absolute Gasteiger partial charge is 0.283 e. The van der Waals surface area contributed by atoms with Gasteiger partial charge in [0.2, 0.25) is 0 Å². The normalized spacial score (nSPS) is 16.5. The third-order valence-electron chi connectivity index (χ3n) is 3.22. The molecule has 0 unspecified atom stereocenters. The third kappa shape index (κ3) is 2.80. The molecule has 1 aliphatic rings. The van der Waals surface area contributed by atoms with Crippen molar-refractivity contribution in [3.8, 4) is 6.07 Å². The molecule has 3 nitrogen and oxygen atoms in total. The summed E-state index contributed by atoms with van der Waals surface area (Å²) >= 11 is 0. The zero-order chi connectivity index (χ0) is 11.2. The predicted octanol–water partition coefficient (Wildman–Crippen LogP) is 2.35. The van der Waals surface area contributed by atoms with Gasteiger partial charge in [-0.1, -0.05) is 18.9 Å². The van der Waals surface area contributed by atoms with E-state index in [9.17, 15) is 0 Å². The quantitative estimate of drug-likeness (QED) is 0.724. The minimum atomic E-state index is 0.527. The van der Waals surface area contributed by atoms with E-state index >= 15 is 0 Å². The second kappa shape index (κ2) is 5.62. The highest BCUT2D eigenvalue weighted by molar-refractivity contribution is 5.09. The predicted molar refractivity (Wildman–Crippen MR) is 62.5 cm³/mol. The number of pyridine rings is 1. The molecule has 3 heteroatoms. The van der Waals surface area contributed by atoms with Crippen LogP contribution in [0.1, 0.15) is 31.2 Å². The van der Waals surface area contributed by atoms with E-state index in [0.29, 0.717) is 12.6 Å². The molecule has 0 aromatic carbocycles. The molecule has 1 aromatic rings. The van der Waals surface area contributed by atoms with Gasteiger partial charge in [0.15, 0.2) is 0 Å². The van der Waals surface area contributed by atoms with Crippen LogP contribution in [0.2, 0.25) is 0 Å². The van der Waals surface area contributed by atoms with Crippen molar-refractivity contribution >= 4 is 0 Å². The summed E-state index contributed by atoms with van der Waals surface area (Å²) in [5.41, 5.74) is 1.20. The number of nitrogens with zero attached hydrogens (tertiary/aromatic N) is 3. The lowest BCUT2D eigenvalue weighted by atomic mass is 10.2. The summed E-state index contributed by atoms with van der Waals surface area (Å²) in [6.45, 7) is 1.38. The van der Waals surface area contributed by atoms with Crippen molar-refractivity contribution < 1.29 is 0 Å². The molecule has 0 bridgehead atoms. The molecular formula is C13H17N3. The first kappa shape index (κ1) is 11.1. The third-order valence-corrected chi connectivity index (χ3v) is 3.22. The van der Waals surface area contributed by atoms with Crippen molar-refractivity contribution in [2.75, 3.05) is 6.54 Å². The molecule has 1 aliphatic carbocycles. The summed E-state index contributed by atoms with van der Waals surface area (Å²) in [7, 11) is 0. The van der Waals surface area contributed by atoms with E-state index in [0.717, 1.165) is 6.54 Å². The first-order chi connectivity index (χ1) is 7.90. The van der Waals surface area contributed by atoms with E-state index in [2.05, 4.69) is 22.0 Å². The van der Waals surface area contributed by atoms with E-state index in [1.165, 1.54) is 31.2 Å². The van der Waals surface area contributed by atoms with E-state index in [4.69, 9.17) is 5.26 Å². The van der Waals surface area contributed by atoms with Gasteiger partial charge in [-0.2, -0.15) is 5.26 Å². The van der Waals surface area contributed by atoms with Crippen LogP contribution in [0.25, 0.3) is 0 Å². The summed E-state index contributed by atoms with van der Waals surface area (Å²) in [5, 5.41) is 8.87. The Labute approximate surface area is 96.7 Å². The monoisotopic (exact) mass is 215 g/mol. The number of hydrogen-bond donors (Lipinski definition) is 0. The van der Waals surface area contributed by atoms with Gasteiger partial charge < -0.3 is 0 Å². The lowest BCUT2D eigenvalue weighted by molar-refractivity contribution is 0.214. The van der Waals surface area contributed by atoms with Crippen molar-refractivity contribution in [3.63, 3.8) is 0 Å². The van der Waals surface area contributed by atoms with Crippen LogP contribution < -0.4 is 0 Å². The van der Waals surface area contributed by atoms with Crippen LogP contribution in [-0.4, -0.2) is 22.5 Å². The molecule has 0 amide bonds. The van der Waals surface area contributed by atoms with Crippen LogP contribution in [-0.2, 0) is 6.54 Å². The van der Waals surface area contributed by atoms with Gasteiger partial charge in [-0.3, -0.25) is 9.88 Å². The van der Waals surface area contributed by atoms with Crippen molar-refractivity contribution in [1.29, 1.82) is 5.26 Å². The molecule has 1 saturated carbocycles. The second-order valence-corrected chi connectivity index (χ2v) is 4.36. The van der Waals surface area contributed by atoms with E-state index < -0.39 is 0 Å². The average Bonchev–Trinajstić information content (AvgIpc) is 2.83. The van der Waals surface area contributed by atoms with Gasteiger partial charge in [0.1, 0.15) is 0 Å². The van der Waals surface area contributed by atoms with Gasteiger partial charge in [0, 0.05) is 25.0 Å². The number of hydrogen-bond acceptors (Lipinski definition) is 3. The van der Waals surface area contributed by atoms with Crippen LogP contribution in [0.4, 0.5) is 0 Å². The number of nitriles is 1. The molecule has 0 aliphatic heterocycles. The van der Waals surface area contributed by atoms with E-state index in [-0.39, 0.29) is 0 Å². The number of aromatic nitrogens is 1. The highest BCUT2D eigenvalue weighted by Gasteiger charge is 2.22. The molecule has 1 aromatic heterocycles. The SMILES string of the molecule is N#CCN(Cc1cccnc1)C1CCCC1. The summed E-state index contributed by atoms with van der Waals surface area (Å²) in [6, 6.07) is 6.90. The van der Waals surface area contributed by atoms with Crippen LogP contribution in [0.3, 0.4) is 0 Å². The summed E-state index contributed by atoms with van der Waals surface area (Å²) in [4.78, 5) is 6.40. The maximum atomic E-state index is 8.87. The van der Waals surface area contributed by atoms with Gasteiger partial charge in [-0.25, -0.2) is 0 Å². The molecule has 0 saturated heterocycles. The van der Waals surface area contributed by atoms with Crippen LogP contribution >= 0.6 is 0 Å². The Morgan fingerprint density at radius 3 is 2.88 bits per heavy atom. The highest BCUT2D eigenvalue weighted by Crippen LogP contribution is 2.24.